The normalized spacial score (nSPS) is 11.2. The molecule has 3 rings (SSSR count). The number of hydrogen-bond acceptors (Lipinski definition) is 3. The SMILES string of the molecule is CCCC[B-](Cc1ccc(OC)cc1)(Cc1ccc(OC)cc1)Cc1ccc(OC)cc1. The van der Waals surface area contributed by atoms with Gasteiger partial charge in [0.25, 0.3) is 0 Å². The van der Waals surface area contributed by atoms with Crippen LogP contribution in [0.4, 0.5) is 0 Å². The smallest absolute Gasteiger partial charge is 0.118 e. The van der Waals surface area contributed by atoms with Gasteiger partial charge in [0.1, 0.15) is 17.2 Å². The number of ether oxygens (including phenoxy) is 3. The lowest BCUT2D eigenvalue weighted by molar-refractivity contribution is 0.414. The quantitative estimate of drug-likeness (QED) is 0.302. The van der Waals surface area contributed by atoms with Crippen LogP contribution in [0, 0.1) is 0 Å². The second-order valence-electron chi connectivity index (χ2n) is 9.03. The molecule has 32 heavy (non-hydrogen) atoms. The van der Waals surface area contributed by atoms with Gasteiger partial charge in [-0.3, -0.25) is 0 Å². The van der Waals surface area contributed by atoms with Gasteiger partial charge < -0.3 is 14.2 Å². The summed E-state index contributed by atoms with van der Waals surface area (Å²) in [5.41, 5.74) is 4.14. The first-order valence-electron chi connectivity index (χ1n) is 11.7. The van der Waals surface area contributed by atoms with Crippen LogP contribution in [-0.4, -0.2) is 27.5 Å². The van der Waals surface area contributed by atoms with Crippen LogP contribution in [0.25, 0.3) is 0 Å². The maximum atomic E-state index is 5.38. The number of methoxy groups -OCH3 is 3. The van der Waals surface area contributed by atoms with E-state index in [4.69, 9.17) is 14.2 Å². The van der Waals surface area contributed by atoms with Crippen molar-refractivity contribution in [2.75, 3.05) is 21.3 Å². The number of rotatable bonds is 12. The zero-order chi connectivity index (χ0) is 22.8. The van der Waals surface area contributed by atoms with Crippen molar-refractivity contribution in [3.8, 4) is 17.2 Å². The first-order valence-corrected chi connectivity index (χ1v) is 11.7. The Kier molecular flexibility index (Phi) is 8.67. The van der Waals surface area contributed by atoms with Gasteiger partial charge in [0.15, 0.2) is 0 Å². The average molecular weight is 431 g/mol. The fourth-order valence-electron chi connectivity index (χ4n) is 4.94. The summed E-state index contributed by atoms with van der Waals surface area (Å²) in [6, 6.07) is 25.8. The molecule has 0 amide bonds. The lowest BCUT2D eigenvalue weighted by atomic mass is 9.16. The van der Waals surface area contributed by atoms with Gasteiger partial charge in [0.05, 0.1) is 21.3 Å². The summed E-state index contributed by atoms with van der Waals surface area (Å²) >= 11 is 0. The van der Waals surface area contributed by atoms with Gasteiger partial charge >= 0.3 is 0 Å². The summed E-state index contributed by atoms with van der Waals surface area (Å²) in [6.07, 6.45) is 6.22. The van der Waals surface area contributed by atoms with Gasteiger partial charge in [-0.2, -0.15) is 25.3 Å². The van der Waals surface area contributed by atoms with Crippen LogP contribution < -0.4 is 14.2 Å². The van der Waals surface area contributed by atoms with E-state index in [9.17, 15) is 0 Å². The molecule has 0 N–H and O–H groups in total. The minimum Gasteiger partial charge on any atom is -0.497 e. The molecule has 0 spiro atoms. The highest BCUT2D eigenvalue weighted by molar-refractivity contribution is 6.78. The molecule has 3 aromatic carbocycles. The highest BCUT2D eigenvalue weighted by Crippen LogP contribution is 2.30. The summed E-state index contributed by atoms with van der Waals surface area (Å²) in [6.45, 7) is 2.29. The van der Waals surface area contributed by atoms with E-state index < -0.39 is 6.15 Å². The van der Waals surface area contributed by atoms with E-state index >= 15 is 0 Å². The molecule has 0 heterocycles. The van der Waals surface area contributed by atoms with E-state index in [1.807, 2.05) is 0 Å². The maximum Gasteiger partial charge on any atom is 0.118 e. The molecule has 0 aliphatic rings. The number of hydrogen-bond donors (Lipinski definition) is 0. The van der Waals surface area contributed by atoms with Gasteiger partial charge in [-0.05, 0) is 36.4 Å². The zero-order valence-electron chi connectivity index (χ0n) is 20.0. The third-order valence-corrected chi connectivity index (χ3v) is 6.65. The van der Waals surface area contributed by atoms with Crippen LogP contribution in [0.15, 0.2) is 72.8 Å². The van der Waals surface area contributed by atoms with Crippen LogP contribution >= 0.6 is 0 Å². The largest absolute Gasteiger partial charge is 0.497 e. The summed E-state index contributed by atoms with van der Waals surface area (Å²) in [5, 5.41) is 0. The Bertz CT molecular complexity index is 813. The van der Waals surface area contributed by atoms with Crippen molar-refractivity contribution in [3.05, 3.63) is 89.5 Å². The molecule has 0 aliphatic heterocycles. The Labute approximate surface area is 193 Å². The molecule has 0 bridgehead atoms. The first kappa shape index (κ1) is 23.8. The monoisotopic (exact) mass is 431 g/mol. The summed E-state index contributed by atoms with van der Waals surface area (Å²) in [7, 11) is 5.16. The van der Waals surface area contributed by atoms with E-state index in [1.54, 1.807) is 21.3 Å². The van der Waals surface area contributed by atoms with Crippen LogP contribution in [0.5, 0.6) is 17.2 Å². The summed E-state index contributed by atoms with van der Waals surface area (Å²) in [4.78, 5) is 0. The topological polar surface area (TPSA) is 27.7 Å². The minimum absolute atomic E-state index is 0.720. The third-order valence-electron chi connectivity index (χ3n) is 6.65. The van der Waals surface area contributed by atoms with Crippen molar-refractivity contribution in [3.63, 3.8) is 0 Å². The van der Waals surface area contributed by atoms with Gasteiger partial charge in [-0.1, -0.05) is 72.9 Å². The van der Waals surface area contributed by atoms with Crippen LogP contribution in [-0.2, 0) is 19.0 Å². The van der Waals surface area contributed by atoms with Gasteiger partial charge in [0, 0.05) is 6.15 Å². The maximum absolute atomic E-state index is 5.38. The molecule has 0 fully saturated rings. The van der Waals surface area contributed by atoms with E-state index in [1.165, 1.54) is 35.9 Å². The second-order valence-corrected chi connectivity index (χ2v) is 9.03. The molecule has 3 nitrogen and oxygen atoms in total. The van der Waals surface area contributed by atoms with Gasteiger partial charge in [0.2, 0.25) is 0 Å². The second kappa shape index (κ2) is 11.7. The van der Waals surface area contributed by atoms with E-state index in [0.717, 1.165) is 36.2 Å². The highest BCUT2D eigenvalue weighted by Gasteiger charge is 2.26. The van der Waals surface area contributed by atoms with Crippen LogP contribution in [0.2, 0.25) is 6.32 Å². The summed E-state index contributed by atoms with van der Waals surface area (Å²) < 4.78 is 16.1. The molecule has 0 radical (unpaired) electrons. The molecule has 0 aliphatic carbocycles. The first-order chi connectivity index (χ1) is 15.6. The Hall–Kier alpha value is -2.88. The fourth-order valence-corrected chi connectivity index (χ4v) is 4.94. The lowest BCUT2D eigenvalue weighted by Gasteiger charge is -2.41. The van der Waals surface area contributed by atoms with Crippen molar-refractivity contribution in [1.29, 1.82) is 0 Å². The fraction of sp³-hybridized carbons (Fsp3) is 0.357. The molecule has 0 aromatic heterocycles. The standard InChI is InChI=1S/C28H36BO3/c1-5-6-19-29(20-23-7-13-26(30-2)14-8-23,21-24-9-15-27(31-3)16-10-24)22-25-11-17-28(32-4)18-12-25/h7-18H,5-6,19-22H2,1-4H3/q-1. The molecule has 4 heteroatoms. The predicted molar refractivity (Wildman–Crippen MR) is 136 cm³/mol. The molecular formula is C28H36BO3-. The Morgan fingerprint density at radius 3 is 1.09 bits per heavy atom. The van der Waals surface area contributed by atoms with Crippen molar-refractivity contribution in [2.45, 2.75) is 45.0 Å². The highest BCUT2D eigenvalue weighted by atomic mass is 16.5. The van der Waals surface area contributed by atoms with E-state index in [2.05, 4.69) is 79.7 Å². The number of unbranched alkanes of at least 4 members (excludes halogenated alkanes) is 1. The van der Waals surface area contributed by atoms with Gasteiger partial charge in [-0.25, -0.2) is 0 Å². The molecule has 3 aromatic rings. The Balaban J connectivity index is 1.95. The van der Waals surface area contributed by atoms with Crippen LogP contribution in [0.3, 0.4) is 0 Å². The average Bonchev–Trinajstić information content (AvgIpc) is 2.84. The van der Waals surface area contributed by atoms with Crippen molar-refractivity contribution in [1.82, 2.24) is 0 Å². The van der Waals surface area contributed by atoms with Crippen molar-refractivity contribution < 1.29 is 14.2 Å². The minimum atomic E-state index is -0.720. The van der Waals surface area contributed by atoms with Crippen molar-refractivity contribution in [2.24, 2.45) is 0 Å². The lowest BCUT2D eigenvalue weighted by Crippen LogP contribution is -2.43. The predicted octanol–water partition coefficient (Wildman–Crippen LogP) is 6.61. The molecule has 170 valence electrons. The summed E-state index contributed by atoms with van der Waals surface area (Å²) in [5.74, 6) is 2.72. The Morgan fingerprint density at radius 2 is 0.844 bits per heavy atom. The number of benzene rings is 3. The Morgan fingerprint density at radius 1 is 0.531 bits per heavy atom. The van der Waals surface area contributed by atoms with Crippen molar-refractivity contribution >= 4 is 6.15 Å². The molecule has 0 saturated heterocycles. The van der Waals surface area contributed by atoms with E-state index in [-0.39, 0.29) is 0 Å². The zero-order valence-corrected chi connectivity index (χ0v) is 20.0. The van der Waals surface area contributed by atoms with Gasteiger partial charge in [-0.15, -0.1) is 0 Å². The van der Waals surface area contributed by atoms with Crippen LogP contribution in [0.1, 0.15) is 36.5 Å². The molecule has 0 unspecified atom stereocenters. The molecule has 0 saturated carbocycles. The third kappa shape index (κ3) is 6.56. The molecule has 0 atom stereocenters. The van der Waals surface area contributed by atoms with E-state index in [0.29, 0.717) is 0 Å². The molecular weight excluding hydrogens is 395 g/mol.